The first-order valence-corrected chi connectivity index (χ1v) is 6.50. The number of anilines is 1. The molecule has 6 nitrogen and oxygen atoms in total. The van der Waals surface area contributed by atoms with Gasteiger partial charge in [-0.05, 0) is 31.9 Å². The van der Waals surface area contributed by atoms with Crippen LogP contribution in [0.15, 0.2) is 31.0 Å². The SMILES string of the molecule is CC1CC(Nc2ccc(-n3cncn3)nc2)CCO1. The average Bonchev–Trinajstić information content (AvgIpc) is 2.94. The van der Waals surface area contributed by atoms with Crippen LogP contribution in [-0.4, -0.2) is 38.5 Å². The van der Waals surface area contributed by atoms with Crippen molar-refractivity contribution in [3.8, 4) is 5.82 Å². The molecule has 100 valence electrons. The largest absolute Gasteiger partial charge is 0.381 e. The third-order valence-corrected chi connectivity index (χ3v) is 3.26. The summed E-state index contributed by atoms with van der Waals surface area (Å²) in [5, 5.41) is 7.54. The van der Waals surface area contributed by atoms with Crippen molar-refractivity contribution in [3.63, 3.8) is 0 Å². The second kappa shape index (κ2) is 5.36. The van der Waals surface area contributed by atoms with Crippen molar-refractivity contribution in [2.75, 3.05) is 11.9 Å². The first-order chi connectivity index (χ1) is 9.31. The lowest BCUT2D eigenvalue weighted by atomic mass is 10.0. The van der Waals surface area contributed by atoms with Crippen LogP contribution < -0.4 is 5.32 Å². The molecule has 0 saturated carbocycles. The Morgan fingerprint density at radius 3 is 3.05 bits per heavy atom. The number of ether oxygens (including phenoxy) is 1. The van der Waals surface area contributed by atoms with Crippen LogP contribution in [0.4, 0.5) is 5.69 Å². The molecule has 1 aliphatic heterocycles. The Balaban J connectivity index is 1.66. The van der Waals surface area contributed by atoms with E-state index in [0.29, 0.717) is 12.1 Å². The van der Waals surface area contributed by atoms with Gasteiger partial charge in [-0.15, -0.1) is 0 Å². The quantitative estimate of drug-likeness (QED) is 0.907. The minimum atomic E-state index is 0.327. The lowest BCUT2D eigenvalue weighted by Gasteiger charge is -2.28. The Labute approximate surface area is 111 Å². The third-order valence-electron chi connectivity index (χ3n) is 3.26. The molecule has 1 fully saturated rings. The molecule has 1 saturated heterocycles. The van der Waals surface area contributed by atoms with Gasteiger partial charge in [0.15, 0.2) is 5.82 Å². The molecule has 0 bridgehead atoms. The van der Waals surface area contributed by atoms with Crippen molar-refractivity contribution >= 4 is 5.69 Å². The van der Waals surface area contributed by atoms with Gasteiger partial charge in [-0.1, -0.05) is 0 Å². The van der Waals surface area contributed by atoms with Gasteiger partial charge in [0.1, 0.15) is 12.7 Å². The number of nitrogens with one attached hydrogen (secondary N) is 1. The van der Waals surface area contributed by atoms with E-state index >= 15 is 0 Å². The fraction of sp³-hybridized carbons (Fsp3) is 0.462. The summed E-state index contributed by atoms with van der Waals surface area (Å²) in [5.41, 5.74) is 1.03. The second-order valence-electron chi connectivity index (χ2n) is 4.79. The summed E-state index contributed by atoms with van der Waals surface area (Å²) >= 11 is 0. The fourth-order valence-electron chi connectivity index (χ4n) is 2.30. The van der Waals surface area contributed by atoms with Crippen LogP contribution in [-0.2, 0) is 4.74 Å². The number of pyridine rings is 1. The van der Waals surface area contributed by atoms with E-state index in [1.807, 2.05) is 18.3 Å². The van der Waals surface area contributed by atoms with Gasteiger partial charge >= 0.3 is 0 Å². The van der Waals surface area contributed by atoms with Gasteiger partial charge in [-0.3, -0.25) is 0 Å². The van der Waals surface area contributed by atoms with Crippen molar-refractivity contribution in [3.05, 3.63) is 31.0 Å². The molecule has 2 atom stereocenters. The topological polar surface area (TPSA) is 64.9 Å². The normalized spacial score (nSPS) is 23.2. The number of rotatable bonds is 3. The highest BCUT2D eigenvalue weighted by molar-refractivity contribution is 5.44. The maximum absolute atomic E-state index is 5.54. The minimum Gasteiger partial charge on any atom is -0.381 e. The number of hydrogen-bond donors (Lipinski definition) is 1. The second-order valence-corrected chi connectivity index (χ2v) is 4.79. The van der Waals surface area contributed by atoms with Crippen LogP contribution in [0.1, 0.15) is 19.8 Å². The molecule has 3 rings (SSSR count). The van der Waals surface area contributed by atoms with Gasteiger partial charge in [-0.2, -0.15) is 5.10 Å². The number of nitrogens with zero attached hydrogens (tertiary/aromatic N) is 4. The predicted octanol–water partition coefficient (Wildman–Crippen LogP) is 1.64. The smallest absolute Gasteiger partial charge is 0.155 e. The minimum absolute atomic E-state index is 0.327. The predicted molar refractivity (Wildman–Crippen MR) is 71.2 cm³/mol. The monoisotopic (exact) mass is 259 g/mol. The lowest BCUT2D eigenvalue weighted by molar-refractivity contribution is 0.0232. The van der Waals surface area contributed by atoms with Gasteiger partial charge in [0.2, 0.25) is 0 Å². The van der Waals surface area contributed by atoms with Crippen molar-refractivity contribution in [2.24, 2.45) is 0 Å². The molecule has 0 amide bonds. The van der Waals surface area contributed by atoms with Gasteiger partial charge < -0.3 is 10.1 Å². The van der Waals surface area contributed by atoms with E-state index in [0.717, 1.165) is 31.0 Å². The van der Waals surface area contributed by atoms with E-state index in [-0.39, 0.29) is 0 Å². The molecule has 1 N–H and O–H groups in total. The lowest BCUT2D eigenvalue weighted by Crippen LogP contribution is -2.32. The molecule has 2 aromatic heterocycles. The van der Waals surface area contributed by atoms with Gasteiger partial charge in [0.05, 0.1) is 18.0 Å². The Hall–Kier alpha value is -1.95. The first kappa shape index (κ1) is 12.1. The van der Waals surface area contributed by atoms with Crippen molar-refractivity contribution < 1.29 is 4.74 Å². The summed E-state index contributed by atoms with van der Waals surface area (Å²) < 4.78 is 7.18. The van der Waals surface area contributed by atoms with Crippen molar-refractivity contribution in [2.45, 2.75) is 31.9 Å². The zero-order valence-electron chi connectivity index (χ0n) is 10.9. The Kier molecular flexibility index (Phi) is 3.41. The van der Waals surface area contributed by atoms with E-state index in [4.69, 9.17) is 4.74 Å². The van der Waals surface area contributed by atoms with E-state index in [2.05, 4.69) is 27.3 Å². The molecule has 2 unspecified atom stereocenters. The van der Waals surface area contributed by atoms with Crippen molar-refractivity contribution in [1.82, 2.24) is 19.7 Å². The highest BCUT2D eigenvalue weighted by atomic mass is 16.5. The van der Waals surface area contributed by atoms with Gasteiger partial charge in [-0.25, -0.2) is 14.6 Å². The average molecular weight is 259 g/mol. The summed E-state index contributed by atoms with van der Waals surface area (Å²) in [4.78, 5) is 8.28. The van der Waals surface area contributed by atoms with E-state index in [1.54, 1.807) is 11.0 Å². The summed E-state index contributed by atoms with van der Waals surface area (Å²) in [6, 6.07) is 4.41. The highest BCUT2D eigenvalue weighted by Crippen LogP contribution is 2.18. The zero-order chi connectivity index (χ0) is 13.1. The van der Waals surface area contributed by atoms with Crippen LogP contribution >= 0.6 is 0 Å². The standard InChI is InChI=1S/C13H17N5O/c1-10-6-11(4-5-19-10)17-12-2-3-13(15-7-12)18-9-14-8-16-18/h2-3,7-11,17H,4-6H2,1H3. The van der Waals surface area contributed by atoms with Crippen LogP contribution in [0.3, 0.4) is 0 Å². The first-order valence-electron chi connectivity index (χ1n) is 6.50. The zero-order valence-corrected chi connectivity index (χ0v) is 10.9. The summed E-state index contributed by atoms with van der Waals surface area (Å²) in [6.07, 6.45) is 7.36. The van der Waals surface area contributed by atoms with Gasteiger partial charge in [0, 0.05) is 12.6 Å². The molecular weight excluding hydrogens is 242 g/mol. The van der Waals surface area contributed by atoms with Crippen molar-refractivity contribution in [1.29, 1.82) is 0 Å². The number of hydrogen-bond acceptors (Lipinski definition) is 5. The molecule has 3 heterocycles. The van der Waals surface area contributed by atoms with Crippen LogP contribution in [0.2, 0.25) is 0 Å². The van der Waals surface area contributed by atoms with E-state index in [9.17, 15) is 0 Å². The Morgan fingerprint density at radius 1 is 1.42 bits per heavy atom. The van der Waals surface area contributed by atoms with Crippen LogP contribution in [0.25, 0.3) is 5.82 Å². The molecule has 1 aliphatic rings. The number of aromatic nitrogens is 4. The summed E-state index contributed by atoms with van der Waals surface area (Å²) in [6.45, 7) is 2.93. The molecule has 0 aliphatic carbocycles. The maximum Gasteiger partial charge on any atom is 0.155 e. The molecular formula is C13H17N5O. The Morgan fingerprint density at radius 2 is 2.37 bits per heavy atom. The summed E-state index contributed by atoms with van der Waals surface area (Å²) in [7, 11) is 0. The van der Waals surface area contributed by atoms with Crippen LogP contribution in [0.5, 0.6) is 0 Å². The maximum atomic E-state index is 5.54. The highest BCUT2D eigenvalue weighted by Gasteiger charge is 2.18. The molecule has 2 aromatic rings. The molecule has 0 radical (unpaired) electrons. The Bertz CT molecular complexity index is 510. The van der Waals surface area contributed by atoms with E-state index in [1.165, 1.54) is 6.33 Å². The summed E-state index contributed by atoms with van der Waals surface area (Å²) in [5.74, 6) is 0.767. The van der Waals surface area contributed by atoms with Gasteiger partial charge in [0.25, 0.3) is 0 Å². The third kappa shape index (κ3) is 2.90. The molecule has 6 heteroatoms. The van der Waals surface area contributed by atoms with E-state index < -0.39 is 0 Å². The van der Waals surface area contributed by atoms with Crippen LogP contribution in [0, 0.1) is 0 Å². The molecule has 0 aromatic carbocycles. The fourth-order valence-corrected chi connectivity index (χ4v) is 2.30. The molecule has 19 heavy (non-hydrogen) atoms. The molecule has 0 spiro atoms.